The van der Waals surface area contributed by atoms with Crippen molar-refractivity contribution in [1.82, 2.24) is 0 Å². The van der Waals surface area contributed by atoms with Crippen molar-refractivity contribution in [2.24, 2.45) is 5.92 Å². The summed E-state index contributed by atoms with van der Waals surface area (Å²) in [5.41, 5.74) is 0.445. The largest absolute Gasteiger partial charge is 0.469 e. The number of rotatable bonds is 4. The summed E-state index contributed by atoms with van der Waals surface area (Å²) < 4.78 is 4.51. The maximum atomic E-state index is 11.9. The lowest BCUT2D eigenvalue weighted by Gasteiger charge is -2.09. The van der Waals surface area contributed by atoms with Gasteiger partial charge in [-0.15, -0.1) is 0 Å². The van der Waals surface area contributed by atoms with Crippen molar-refractivity contribution in [2.45, 2.75) is 13.3 Å². The zero-order chi connectivity index (χ0) is 12.1. The molecule has 0 radical (unpaired) electrons. The average Bonchev–Trinajstić information content (AvgIpc) is 2.28. The van der Waals surface area contributed by atoms with Crippen LogP contribution in [0, 0.1) is 5.92 Å². The van der Waals surface area contributed by atoms with Gasteiger partial charge in [0.05, 0.1) is 18.6 Å². The fourth-order valence-electron chi connectivity index (χ4n) is 1.35. The first-order chi connectivity index (χ1) is 7.56. The number of esters is 1. The van der Waals surface area contributed by atoms with Gasteiger partial charge in [0, 0.05) is 11.5 Å². The van der Waals surface area contributed by atoms with E-state index in [1.807, 2.05) is 0 Å². The minimum Gasteiger partial charge on any atom is -0.469 e. The third kappa shape index (κ3) is 3.07. The van der Waals surface area contributed by atoms with Crippen LogP contribution in [0.25, 0.3) is 0 Å². The molecule has 0 heterocycles. The van der Waals surface area contributed by atoms with E-state index in [-0.39, 0.29) is 12.2 Å². The van der Waals surface area contributed by atoms with E-state index >= 15 is 0 Å². The minimum atomic E-state index is -0.424. The smallest absolute Gasteiger partial charge is 0.306 e. The number of carbonyl (C=O) groups is 2. The van der Waals surface area contributed by atoms with Gasteiger partial charge in [0.1, 0.15) is 0 Å². The van der Waals surface area contributed by atoms with Crippen LogP contribution in [0.5, 0.6) is 0 Å². The van der Waals surface area contributed by atoms with Gasteiger partial charge in [0.2, 0.25) is 0 Å². The van der Waals surface area contributed by atoms with Crippen molar-refractivity contribution in [3.05, 3.63) is 34.9 Å². The number of methoxy groups -OCH3 is 1. The van der Waals surface area contributed by atoms with E-state index in [0.717, 1.165) is 0 Å². The SMILES string of the molecule is COC(=O)CC(C)C(=O)c1ccccc1Cl. The third-order valence-corrected chi connectivity index (χ3v) is 2.62. The highest BCUT2D eigenvalue weighted by Gasteiger charge is 2.20. The molecule has 0 aliphatic carbocycles. The fraction of sp³-hybridized carbons (Fsp3) is 0.333. The maximum absolute atomic E-state index is 11.9. The van der Waals surface area contributed by atoms with Crippen molar-refractivity contribution >= 4 is 23.4 Å². The van der Waals surface area contributed by atoms with Gasteiger partial charge in [-0.1, -0.05) is 30.7 Å². The molecule has 1 aromatic carbocycles. The Morgan fingerprint density at radius 2 is 2.00 bits per heavy atom. The molecule has 1 atom stereocenters. The molecule has 0 bridgehead atoms. The second-order valence-electron chi connectivity index (χ2n) is 3.53. The summed E-state index contributed by atoms with van der Waals surface area (Å²) in [6, 6.07) is 6.80. The Hall–Kier alpha value is -1.35. The number of hydrogen-bond donors (Lipinski definition) is 0. The lowest BCUT2D eigenvalue weighted by Crippen LogP contribution is -2.16. The van der Waals surface area contributed by atoms with Crippen LogP contribution in [0.3, 0.4) is 0 Å². The summed E-state index contributed by atoms with van der Waals surface area (Å²) in [5.74, 6) is -0.962. The summed E-state index contributed by atoms with van der Waals surface area (Å²) in [5, 5.41) is 0.407. The van der Waals surface area contributed by atoms with Gasteiger partial charge >= 0.3 is 5.97 Å². The zero-order valence-corrected chi connectivity index (χ0v) is 9.95. The standard InChI is InChI=1S/C12H13ClO3/c1-8(7-11(14)16-2)12(15)9-5-3-4-6-10(9)13/h3-6,8H,7H2,1-2H3. The van der Waals surface area contributed by atoms with Gasteiger partial charge in [-0.25, -0.2) is 0 Å². The van der Waals surface area contributed by atoms with Crippen molar-refractivity contribution in [3.63, 3.8) is 0 Å². The Labute approximate surface area is 99.4 Å². The number of benzene rings is 1. The van der Waals surface area contributed by atoms with E-state index in [0.29, 0.717) is 10.6 Å². The highest BCUT2D eigenvalue weighted by atomic mass is 35.5. The first-order valence-corrected chi connectivity index (χ1v) is 5.29. The van der Waals surface area contributed by atoms with E-state index in [1.165, 1.54) is 7.11 Å². The highest BCUT2D eigenvalue weighted by molar-refractivity contribution is 6.34. The lowest BCUT2D eigenvalue weighted by atomic mass is 9.96. The van der Waals surface area contributed by atoms with Gasteiger partial charge < -0.3 is 4.74 Å². The van der Waals surface area contributed by atoms with Crippen molar-refractivity contribution < 1.29 is 14.3 Å². The van der Waals surface area contributed by atoms with Crippen molar-refractivity contribution in [3.8, 4) is 0 Å². The van der Waals surface area contributed by atoms with Gasteiger partial charge in [-0.2, -0.15) is 0 Å². The summed E-state index contributed by atoms with van der Waals surface area (Å²) in [6.45, 7) is 1.68. The predicted molar refractivity (Wildman–Crippen MR) is 61.6 cm³/mol. The first kappa shape index (κ1) is 12.7. The molecule has 1 rings (SSSR count). The molecule has 0 fully saturated rings. The van der Waals surface area contributed by atoms with Crippen molar-refractivity contribution in [1.29, 1.82) is 0 Å². The minimum absolute atomic E-state index is 0.0700. The second-order valence-corrected chi connectivity index (χ2v) is 3.93. The molecule has 0 N–H and O–H groups in total. The Bertz CT molecular complexity index is 401. The van der Waals surface area contributed by atoms with Crippen LogP contribution in [-0.4, -0.2) is 18.9 Å². The molecule has 0 saturated carbocycles. The predicted octanol–water partition coefficient (Wildman–Crippen LogP) is 2.72. The number of hydrogen-bond acceptors (Lipinski definition) is 3. The number of Topliss-reactive ketones (excluding diaryl/α,β-unsaturated/α-hetero) is 1. The Balaban J connectivity index is 2.79. The zero-order valence-electron chi connectivity index (χ0n) is 9.20. The number of ketones is 1. The number of halogens is 1. The molecule has 1 unspecified atom stereocenters. The van der Waals surface area contributed by atoms with Gasteiger partial charge in [-0.05, 0) is 12.1 Å². The van der Waals surface area contributed by atoms with Gasteiger partial charge in [0.25, 0.3) is 0 Å². The highest BCUT2D eigenvalue weighted by Crippen LogP contribution is 2.20. The molecule has 0 aliphatic rings. The van der Waals surface area contributed by atoms with Gasteiger partial charge in [-0.3, -0.25) is 9.59 Å². The number of ether oxygens (including phenoxy) is 1. The van der Waals surface area contributed by atoms with E-state index in [2.05, 4.69) is 4.74 Å². The molecule has 0 amide bonds. The Kier molecular flexibility index (Phi) is 4.50. The summed E-state index contributed by atoms with van der Waals surface area (Å²) in [4.78, 5) is 23.0. The normalized spacial score (nSPS) is 11.9. The molecule has 0 aromatic heterocycles. The topological polar surface area (TPSA) is 43.4 Å². The molecule has 0 spiro atoms. The van der Waals surface area contributed by atoms with Crippen LogP contribution < -0.4 is 0 Å². The molecule has 4 heteroatoms. The monoisotopic (exact) mass is 240 g/mol. The molecule has 16 heavy (non-hydrogen) atoms. The first-order valence-electron chi connectivity index (χ1n) is 4.91. The molecule has 86 valence electrons. The quantitative estimate of drug-likeness (QED) is 0.600. The molecule has 0 aliphatic heterocycles. The fourth-order valence-corrected chi connectivity index (χ4v) is 1.58. The second kappa shape index (κ2) is 5.66. The molecule has 0 saturated heterocycles. The van der Waals surface area contributed by atoms with Crippen LogP contribution in [0.1, 0.15) is 23.7 Å². The lowest BCUT2D eigenvalue weighted by molar-refractivity contribution is -0.141. The molecular weight excluding hydrogens is 228 g/mol. The summed E-state index contributed by atoms with van der Waals surface area (Å²) >= 11 is 5.90. The van der Waals surface area contributed by atoms with Gasteiger partial charge in [0.15, 0.2) is 5.78 Å². The van der Waals surface area contributed by atoms with Crippen LogP contribution in [0.15, 0.2) is 24.3 Å². The third-order valence-electron chi connectivity index (χ3n) is 2.29. The van der Waals surface area contributed by atoms with Crippen LogP contribution in [0.2, 0.25) is 5.02 Å². The van der Waals surface area contributed by atoms with E-state index in [9.17, 15) is 9.59 Å². The van der Waals surface area contributed by atoms with Crippen LogP contribution in [-0.2, 0) is 9.53 Å². The number of carbonyl (C=O) groups excluding carboxylic acids is 2. The van der Waals surface area contributed by atoms with E-state index in [4.69, 9.17) is 11.6 Å². The van der Waals surface area contributed by atoms with E-state index < -0.39 is 11.9 Å². The maximum Gasteiger partial charge on any atom is 0.306 e. The molecule has 1 aromatic rings. The Morgan fingerprint density at radius 1 is 1.38 bits per heavy atom. The van der Waals surface area contributed by atoms with Crippen LogP contribution >= 0.6 is 11.6 Å². The van der Waals surface area contributed by atoms with Crippen molar-refractivity contribution in [2.75, 3.05) is 7.11 Å². The Morgan fingerprint density at radius 3 is 2.56 bits per heavy atom. The van der Waals surface area contributed by atoms with Crippen LogP contribution in [0.4, 0.5) is 0 Å². The average molecular weight is 241 g/mol. The summed E-state index contributed by atoms with van der Waals surface area (Å²) in [6.07, 6.45) is 0.0700. The molecule has 3 nitrogen and oxygen atoms in total. The van der Waals surface area contributed by atoms with E-state index in [1.54, 1.807) is 31.2 Å². The summed E-state index contributed by atoms with van der Waals surface area (Å²) in [7, 11) is 1.30. The molecular formula is C12H13ClO3.